The van der Waals surface area contributed by atoms with E-state index in [-0.39, 0.29) is 17.3 Å². The van der Waals surface area contributed by atoms with E-state index >= 15 is 0 Å². The van der Waals surface area contributed by atoms with Crippen LogP contribution in [0.15, 0.2) is 83.8 Å². The monoisotopic (exact) mass is 350 g/mol. The lowest BCUT2D eigenvalue weighted by Crippen LogP contribution is -2.11. The van der Waals surface area contributed by atoms with Crippen molar-refractivity contribution in [3.63, 3.8) is 0 Å². The van der Waals surface area contributed by atoms with Gasteiger partial charge in [-0.15, -0.1) is 0 Å². The van der Waals surface area contributed by atoms with Crippen molar-refractivity contribution in [2.75, 3.05) is 5.75 Å². The van der Waals surface area contributed by atoms with Crippen molar-refractivity contribution in [3.05, 3.63) is 95.6 Å². The van der Waals surface area contributed by atoms with E-state index in [1.54, 1.807) is 36.4 Å². The minimum atomic E-state index is -1.35. The Morgan fingerprint density at radius 2 is 1.36 bits per heavy atom. The minimum absolute atomic E-state index is 0.0126. The molecule has 0 fully saturated rings. The highest BCUT2D eigenvalue weighted by atomic mass is 32.2. The van der Waals surface area contributed by atoms with E-state index in [0.29, 0.717) is 10.5 Å². The molecule has 0 radical (unpaired) electrons. The molecule has 0 aliphatic carbocycles. The Balaban J connectivity index is 1.64. The first kappa shape index (κ1) is 17.1. The van der Waals surface area contributed by atoms with Crippen LogP contribution < -0.4 is 0 Å². The molecule has 3 nitrogen and oxygen atoms in total. The highest BCUT2D eigenvalue weighted by Gasteiger charge is 2.12. The number of aromatic hydroxyl groups is 1. The number of carbonyl (C=O) groups is 1. The summed E-state index contributed by atoms with van der Waals surface area (Å²) in [6.07, 6.45) is 0.732. The van der Waals surface area contributed by atoms with Gasteiger partial charge in [-0.3, -0.25) is 9.00 Å². The van der Waals surface area contributed by atoms with Gasteiger partial charge in [0, 0.05) is 10.5 Å². The molecule has 4 heteroatoms. The standard InChI is InChI=1S/C21H18O3S/c22-19-10-6-16(7-11-19)14-17-8-12-20(13-9-17)25(24)15-21(23)18-4-2-1-3-5-18/h1-13,22H,14-15H2. The zero-order valence-corrected chi connectivity index (χ0v) is 14.4. The maximum absolute atomic E-state index is 12.4. The van der Waals surface area contributed by atoms with E-state index in [4.69, 9.17) is 0 Å². The van der Waals surface area contributed by atoms with Gasteiger partial charge < -0.3 is 5.11 Å². The average molecular weight is 350 g/mol. The van der Waals surface area contributed by atoms with Gasteiger partial charge in [0.2, 0.25) is 0 Å². The summed E-state index contributed by atoms with van der Waals surface area (Å²) in [5.41, 5.74) is 2.76. The zero-order valence-electron chi connectivity index (χ0n) is 13.6. The zero-order chi connectivity index (χ0) is 17.6. The van der Waals surface area contributed by atoms with Gasteiger partial charge in [0.1, 0.15) is 5.75 Å². The molecule has 0 aliphatic rings. The predicted molar refractivity (Wildman–Crippen MR) is 99.4 cm³/mol. The molecule has 126 valence electrons. The Labute approximate surface area is 149 Å². The summed E-state index contributed by atoms with van der Waals surface area (Å²) in [5.74, 6) is 0.117. The van der Waals surface area contributed by atoms with Gasteiger partial charge in [-0.2, -0.15) is 0 Å². The summed E-state index contributed by atoms with van der Waals surface area (Å²) in [4.78, 5) is 12.8. The molecule has 0 bridgehead atoms. The molecule has 3 aromatic rings. The molecule has 0 aromatic heterocycles. The highest BCUT2D eigenvalue weighted by molar-refractivity contribution is 7.85. The molecule has 1 N–H and O–H groups in total. The van der Waals surface area contributed by atoms with Crippen LogP contribution in [0.1, 0.15) is 21.5 Å². The van der Waals surface area contributed by atoms with Crippen molar-refractivity contribution >= 4 is 16.6 Å². The molecule has 1 unspecified atom stereocenters. The number of hydrogen-bond donors (Lipinski definition) is 1. The average Bonchev–Trinajstić information content (AvgIpc) is 2.65. The summed E-state index contributed by atoms with van der Waals surface area (Å²) in [5, 5.41) is 9.31. The van der Waals surface area contributed by atoms with Crippen molar-refractivity contribution in [1.29, 1.82) is 0 Å². The largest absolute Gasteiger partial charge is 0.508 e. The molecule has 0 saturated carbocycles. The minimum Gasteiger partial charge on any atom is -0.508 e. The smallest absolute Gasteiger partial charge is 0.175 e. The van der Waals surface area contributed by atoms with Crippen LogP contribution >= 0.6 is 0 Å². The van der Waals surface area contributed by atoms with Crippen LogP contribution in [0.25, 0.3) is 0 Å². The molecule has 0 saturated heterocycles. The molecule has 3 aromatic carbocycles. The summed E-state index contributed by atoms with van der Waals surface area (Å²) >= 11 is 0. The summed E-state index contributed by atoms with van der Waals surface area (Å²) in [7, 11) is -1.35. The number of phenols is 1. The Morgan fingerprint density at radius 3 is 1.96 bits per heavy atom. The van der Waals surface area contributed by atoms with E-state index in [9.17, 15) is 14.1 Å². The van der Waals surface area contributed by atoms with Crippen molar-refractivity contribution in [1.82, 2.24) is 0 Å². The van der Waals surface area contributed by atoms with E-state index < -0.39 is 10.8 Å². The first-order valence-electron chi connectivity index (χ1n) is 7.95. The van der Waals surface area contributed by atoms with Gasteiger partial charge >= 0.3 is 0 Å². The number of hydrogen-bond acceptors (Lipinski definition) is 3. The van der Waals surface area contributed by atoms with Crippen molar-refractivity contribution in [3.8, 4) is 5.75 Å². The second-order valence-corrected chi connectivity index (χ2v) is 7.22. The number of benzene rings is 3. The van der Waals surface area contributed by atoms with E-state index in [1.165, 1.54) is 0 Å². The van der Waals surface area contributed by atoms with Crippen molar-refractivity contribution in [2.24, 2.45) is 0 Å². The molecule has 0 amide bonds. The molecule has 0 spiro atoms. The van der Waals surface area contributed by atoms with Crippen LogP contribution in [0.4, 0.5) is 0 Å². The highest BCUT2D eigenvalue weighted by Crippen LogP contribution is 2.16. The third-order valence-corrected chi connectivity index (χ3v) is 5.21. The molecular weight excluding hydrogens is 332 g/mol. The second kappa shape index (κ2) is 7.90. The summed E-state index contributed by atoms with van der Waals surface area (Å²) in [6.45, 7) is 0. The van der Waals surface area contributed by atoms with E-state index in [0.717, 1.165) is 17.5 Å². The number of ketones is 1. The van der Waals surface area contributed by atoms with Gasteiger partial charge in [0.15, 0.2) is 5.78 Å². The molecule has 3 rings (SSSR count). The second-order valence-electron chi connectivity index (χ2n) is 5.77. The first-order valence-corrected chi connectivity index (χ1v) is 9.27. The van der Waals surface area contributed by atoms with Crippen molar-refractivity contribution in [2.45, 2.75) is 11.3 Å². The fourth-order valence-electron chi connectivity index (χ4n) is 2.52. The van der Waals surface area contributed by atoms with Crippen LogP contribution in [0.2, 0.25) is 0 Å². The topological polar surface area (TPSA) is 54.4 Å². The predicted octanol–water partition coefficient (Wildman–Crippen LogP) is 3.97. The number of rotatable bonds is 6. The maximum Gasteiger partial charge on any atom is 0.175 e. The Kier molecular flexibility index (Phi) is 5.41. The van der Waals surface area contributed by atoms with Crippen LogP contribution in [0.5, 0.6) is 5.75 Å². The van der Waals surface area contributed by atoms with Crippen molar-refractivity contribution < 1.29 is 14.1 Å². The van der Waals surface area contributed by atoms with Gasteiger partial charge in [0.25, 0.3) is 0 Å². The van der Waals surface area contributed by atoms with E-state index in [2.05, 4.69) is 0 Å². The lowest BCUT2D eigenvalue weighted by atomic mass is 10.1. The van der Waals surface area contributed by atoms with Gasteiger partial charge in [0.05, 0.1) is 16.6 Å². The van der Waals surface area contributed by atoms with Gasteiger partial charge in [-0.25, -0.2) is 0 Å². The lowest BCUT2D eigenvalue weighted by Gasteiger charge is -2.05. The fraction of sp³-hybridized carbons (Fsp3) is 0.0952. The number of phenolic OH excluding ortho intramolecular Hbond substituents is 1. The Bertz CT molecular complexity index is 869. The number of Topliss-reactive ketones (excluding diaryl/α,β-unsaturated/α-hetero) is 1. The maximum atomic E-state index is 12.4. The lowest BCUT2D eigenvalue weighted by molar-refractivity contribution is 0.102. The molecule has 25 heavy (non-hydrogen) atoms. The van der Waals surface area contributed by atoms with E-state index in [1.807, 2.05) is 42.5 Å². The molecule has 1 atom stereocenters. The Hall–Kier alpha value is -2.72. The fourth-order valence-corrected chi connectivity index (χ4v) is 3.53. The van der Waals surface area contributed by atoms with Gasteiger partial charge in [-0.05, 0) is 41.8 Å². The molecule has 0 heterocycles. The number of carbonyl (C=O) groups excluding carboxylic acids is 1. The van der Waals surface area contributed by atoms with Gasteiger partial charge in [-0.1, -0.05) is 54.6 Å². The Morgan fingerprint density at radius 1 is 0.800 bits per heavy atom. The summed E-state index contributed by atoms with van der Waals surface area (Å²) < 4.78 is 12.4. The SMILES string of the molecule is O=C(CS(=O)c1ccc(Cc2ccc(O)cc2)cc1)c1ccccc1. The summed E-state index contributed by atoms with van der Waals surface area (Å²) in [6, 6.07) is 23.5. The quantitative estimate of drug-likeness (QED) is 0.684. The molecular formula is C21H18O3S. The van der Waals surface area contributed by atoms with Crippen LogP contribution in [-0.2, 0) is 17.2 Å². The first-order chi connectivity index (χ1) is 12.1. The van der Waals surface area contributed by atoms with Crippen LogP contribution in [-0.4, -0.2) is 20.9 Å². The van der Waals surface area contributed by atoms with Crippen LogP contribution in [0, 0.1) is 0 Å². The normalized spacial score (nSPS) is 11.8. The third-order valence-electron chi connectivity index (χ3n) is 3.89. The third kappa shape index (κ3) is 4.64. The van der Waals surface area contributed by atoms with Crippen LogP contribution in [0.3, 0.4) is 0 Å². The molecule has 0 aliphatic heterocycles.